The minimum absolute atomic E-state index is 0.797. The lowest BCUT2D eigenvalue weighted by Crippen LogP contribution is -2.23. The number of hydrogen-bond donors (Lipinski definition) is 4. The van der Waals surface area contributed by atoms with Gasteiger partial charge in [0.1, 0.15) is 0 Å². The van der Waals surface area contributed by atoms with Gasteiger partial charge in [-0.05, 0) is 0 Å². The van der Waals surface area contributed by atoms with Gasteiger partial charge in [0.2, 0.25) is 0 Å². The smallest absolute Gasteiger partial charge is 0.253 e. The van der Waals surface area contributed by atoms with Crippen LogP contribution in [0.25, 0.3) is 0 Å². The summed E-state index contributed by atoms with van der Waals surface area (Å²) in [7, 11) is -8.19. The van der Waals surface area contributed by atoms with Gasteiger partial charge in [-0.2, -0.15) is 0 Å². The van der Waals surface area contributed by atoms with Crippen molar-refractivity contribution in [1.82, 2.24) is 10.5 Å². The van der Waals surface area contributed by atoms with Gasteiger partial charge in [-0.1, -0.05) is 10.5 Å². The molecule has 6 N–H and O–H groups in total. The van der Waals surface area contributed by atoms with Crippen molar-refractivity contribution in [3.05, 3.63) is 0 Å². The van der Waals surface area contributed by atoms with E-state index in [2.05, 4.69) is 23.0 Å². The third-order valence-electron chi connectivity index (χ3n) is 0.776. The summed E-state index contributed by atoms with van der Waals surface area (Å²) in [6, 6.07) is 0. The maximum Gasteiger partial charge on any atom is 0.370 e. The molecule has 17 heavy (non-hydrogen) atoms. The fraction of sp³-hybridized carbons (Fsp3) is 1.00. The SMILES string of the molecule is CSOONP(N)(=O)OP(N)(=O)NOOSC. The lowest BCUT2D eigenvalue weighted by Gasteiger charge is -2.17. The van der Waals surface area contributed by atoms with Crippen LogP contribution in [0.1, 0.15) is 0 Å². The van der Waals surface area contributed by atoms with Crippen molar-refractivity contribution in [1.29, 1.82) is 0 Å². The predicted molar refractivity (Wildman–Crippen MR) is 62.3 cm³/mol. The summed E-state index contributed by atoms with van der Waals surface area (Å²) in [5.74, 6) is 0. The first kappa shape index (κ1) is 17.8. The highest BCUT2D eigenvalue weighted by Crippen LogP contribution is 2.50. The molecule has 11 nitrogen and oxygen atoms in total. The van der Waals surface area contributed by atoms with Crippen molar-refractivity contribution < 1.29 is 32.1 Å². The Kier molecular flexibility index (Phi) is 9.24. The molecule has 2 unspecified atom stereocenters. The summed E-state index contributed by atoms with van der Waals surface area (Å²) in [5.41, 5.74) is 10.1. The van der Waals surface area contributed by atoms with Crippen LogP contribution >= 0.6 is 39.4 Å². The predicted octanol–water partition coefficient (Wildman–Crippen LogP) is 0.598. The number of rotatable bonds is 10. The molecule has 0 radical (unpaired) electrons. The van der Waals surface area contributed by atoms with Crippen molar-refractivity contribution in [2.75, 3.05) is 12.5 Å². The summed E-state index contributed by atoms with van der Waals surface area (Å²) >= 11 is 1.59. The van der Waals surface area contributed by atoms with Crippen LogP contribution in [0.2, 0.25) is 0 Å². The number of nitrogens with one attached hydrogen (secondary N) is 2. The van der Waals surface area contributed by atoms with Crippen LogP contribution in [0.4, 0.5) is 0 Å². The Morgan fingerprint density at radius 3 is 1.59 bits per heavy atom. The average molecular weight is 330 g/mol. The second-order valence-corrected chi connectivity index (χ2v) is 6.44. The van der Waals surface area contributed by atoms with E-state index in [1.54, 1.807) is 10.5 Å². The lowest BCUT2D eigenvalue weighted by molar-refractivity contribution is -0.223. The zero-order valence-electron chi connectivity index (χ0n) is 8.72. The van der Waals surface area contributed by atoms with Crippen molar-refractivity contribution in [2.45, 2.75) is 0 Å². The second kappa shape index (κ2) is 8.82. The van der Waals surface area contributed by atoms with Crippen LogP contribution < -0.4 is 21.5 Å². The highest BCUT2D eigenvalue weighted by atomic mass is 32.2. The van der Waals surface area contributed by atoms with Gasteiger partial charge in [0, 0.05) is 36.6 Å². The van der Waals surface area contributed by atoms with E-state index in [0.29, 0.717) is 0 Å². The first-order valence-electron chi connectivity index (χ1n) is 3.59. The molecule has 0 spiro atoms. The molecule has 2 atom stereocenters. The van der Waals surface area contributed by atoms with Gasteiger partial charge < -0.3 is 0 Å². The van der Waals surface area contributed by atoms with Crippen molar-refractivity contribution in [2.24, 2.45) is 11.0 Å². The molecule has 0 saturated heterocycles. The molecule has 0 heterocycles. The molecule has 0 rings (SSSR count). The largest absolute Gasteiger partial charge is 0.370 e. The van der Waals surface area contributed by atoms with Crippen molar-refractivity contribution >= 4 is 39.4 Å². The summed E-state index contributed by atoms with van der Waals surface area (Å²) in [5, 5.41) is 3.36. The van der Waals surface area contributed by atoms with Crippen LogP contribution in [-0.2, 0) is 32.1 Å². The molecular formula is C2H12N4O7P2S2. The molecule has 0 saturated carbocycles. The summed E-state index contributed by atoms with van der Waals surface area (Å²) in [6.07, 6.45) is 3.04. The van der Waals surface area contributed by atoms with E-state index in [4.69, 9.17) is 11.0 Å². The quantitative estimate of drug-likeness (QED) is 0.145. The van der Waals surface area contributed by atoms with Crippen LogP contribution in [0.3, 0.4) is 0 Å². The molecule has 0 aromatic heterocycles. The van der Waals surface area contributed by atoms with Gasteiger partial charge in [0.25, 0.3) is 0 Å². The normalized spacial score (nSPS) is 18.6. The minimum Gasteiger partial charge on any atom is -0.253 e. The topological polar surface area (TPSA) is 156 Å². The minimum atomic E-state index is -4.10. The maximum absolute atomic E-state index is 11.4. The molecule has 15 heteroatoms. The molecular weight excluding hydrogens is 318 g/mol. The maximum atomic E-state index is 11.4. The molecule has 0 fully saturated rings. The molecule has 0 aromatic carbocycles. The molecule has 0 aliphatic carbocycles. The first-order chi connectivity index (χ1) is 7.83. The molecule has 0 bridgehead atoms. The summed E-state index contributed by atoms with van der Waals surface area (Å²) in [4.78, 5) is 8.28. The Bertz CT molecular complexity index is 278. The Labute approximate surface area is 106 Å². The van der Waals surface area contributed by atoms with E-state index < -0.39 is 15.3 Å². The zero-order chi connectivity index (χ0) is 13.4. The van der Waals surface area contributed by atoms with Gasteiger partial charge in [0.15, 0.2) is 0 Å². The second-order valence-electron chi connectivity index (χ2n) is 2.09. The molecule has 0 aliphatic rings. The third-order valence-corrected chi connectivity index (χ3v) is 3.78. The van der Waals surface area contributed by atoms with E-state index in [1.807, 2.05) is 0 Å². The Hall–Kier alpha value is 0.800. The standard InChI is InChI=1S/C2H12N4O7P2S2/c1-16-11-9-5-14(3,7)13-15(4,8)6-10-12-17-2/h1-2H3,(H3,3,5,7)(H3,4,6,8). The van der Waals surface area contributed by atoms with E-state index >= 15 is 0 Å². The van der Waals surface area contributed by atoms with Gasteiger partial charge in [-0.25, -0.2) is 15.3 Å². The first-order valence-corrected chi connectivity index (χ1v) is 9.27. The van der Waals surface area contributed by atoms with Crippen LogP contribution in [0, 0.1) is 0 Å². The molecule has 104 valence electrons. The average Bonchev–Trinajstić information content (AvgIpc) is 2.16. The molecule has 0 aromatic rings. The van der Waals surface area contributed by atoms with Gasteiger partial charge in [-0.15, -0.1) is 18.6 Å². The van der Waals surface area contributed by atoms with E-state index in [0.717, 1.165) is 24.1 Å². The van der Waals surface area contributed by atoms with E-state index in [-0.39, 0.29) is 0 Å². The summed E-state index contributed by atoms with van der Waals surface area (Å²) in [6.45, 7) is 0. The van der Waals surface area contributed by atoms with E-state index in [9.17, 15) is 9.13 Å². The van der Waals surface area contributed by atoms with Gasteiger partial charge in [-0.3, -0.25) is 9.13 Å². The Morgan fingerprint density at radius 2 is 1.29 bits per heavy atom. The fourth-order valence-electron chi connectivity index (χ4n) is 0.416. The highest BCUT2D eigenvalue weighted by molar-refractivity contribution is 7.94. The lowest BCUT2D eigenvalue weighted by atomic mass is 12.0. The zero-order valence-corrected chi connectivity index (χ0v) is 12.1. The molecule has 0 amide bonds. The van der Waals surface area contributed by atoms with Gasteiger partial charge >= 0.3 is 15.3 Å². The van der Waals surface area contributed by atoms with Gasteiger partial charge in [0.05, 0.1) is 0 Å². The fourth-order valence-corrected chi connectivity index (χ4v) is 2.71. The van der Waals surface area contributed by atoms with Crippen LogP contribution in [0.15, 0.2) is 0 Å². The van der Waals surface area contributed by atoms with E-state index in [1.165, 1.54) is 12.5 Å². The Morgan fingerprint density at radius 1 is 0.941 bits per heavy atom. The highest BCUT2D eigenvalue weighted by Gasteiger charge is 2.30. The summed E-state index contributed by atoms with van der Waals surface area (Å²) < 4.78 is 35.6. The third kappa shape index (κ3) is 10.4. The van der Waals surface area contributed by atoms with Crippen LogP contribution in [0.5, 0.6) is 0 Å². The number of nitrogens with two attached hydrogens (primary N) is 2. The van der Waals surface area contributed by atoms with Crippen molar-refractivity contribution in [3.63, 3.8) is 0 Å². The van der Waals surface area contributed by atoms with Crippen molar-refractivity contribution in [3.8, 4) is 0 Å². The molecule has 0 aliphatic heterocycles. The number of hydrogen-bond acceptors (Lipinski definition) is 9. The Balaban J connectivity index is 4.09. The monoisotopic (exact) mass is 330 g/mol. The van der Waals surface area contributed by atoms with Crippen LogP contribution in [-0.4, -0.2) is 12.5 Å².